The third kappa shape index (κ3) is 4.80. The lowest BCUT2D eigenvalue weighted by molar-refractivity contribution is -0.156. The summed E-state index contributed by atoms with van der Waals surface area (Å²) in [6, 6.07) is 13.7. The summed E-state index contributed by atoms with van der Waals surface area (Å²) in [5.41, 5.74) is 2.41. The topological polar surface area (TPSA) is 102 Å². The van der Waals surface area contributed by atoms with Crippen molar-refractivity contribution in [1.29, 1.82) is 0 Å². The van der Waals surface area contributed by atoms with E-state index < -0.39 is 21.6 Å². The number of sulfone groups is 1. The highest BCUT2D eigenvalue weighted by Gasteiger charge is 2.37. The molecule has 9 heteroatoms. The first-order valence-corrected chi connectivity index (χ1v) is 11.4. The molecular weight excluding hydrogens is 422 g/mol. The molecule has 31 heavy (non-hydrogen) atoms. The van der Waals surface area contributed by atoms with Crippen LogP contribution in [0.3, 0.4) is 0 Å². The van der Waals surface area contributed by atoms with Crippen molar-refractivity contribution >= 4 is 15.7 Å². The number of ether oxygens (including phenoxy) is 3. The van der Waals surface area contributed by atoms with Gasteiger partial charge in [0.1, 0.15) is 25.3 Å². The number of aryl methyl sites for hydroxylation is 1. The lowest BCUT2D eigenvalue weighted by atomic mass is 10.1. The van der Waals surface area contributed by atoms with Crippen molar-refractivity contribution in [3.05, 3.63) is 71.3 Å². The van der Waals surface area contributed by atoms with Gasteiger partial charge in [0.05, 0.1) is 11.0 Å². The second-order valence-corrected chi connectivity index (χ2v) is 9.44. The first-order valence-electron chi connectivity index (χ1n) is 9.78. The molecule has 0 spiro atoms. The predicted octanol–water partition coefficient (Wildman–Crippen LogP) is 2.59. The van der Waals surface area contributed by atoms with E-state index in [1.165, 1.54) is 12.1 Å². The number of hydroxylamine groups is 2. The molecule has 2 unspecified atom stereocenters. The number of amides is 1. The van der Waals surface area contributed by atoms with Crippen molar-refractivity contribution in [2.24, 2.45) is 0 Å². The Morgan fingerprint density at radius 1 is 1.16 bits per heavy atom. The van der Waals surface area contributed by atoms with Gasteiger partial charge < -0.3 is 14.2 Å². The van der Waals surface area contributed by atoms with Crippen LogP contribution in [0.2, 0.25) is 0 Å². The zero-order valence-corrected chi connectivity index (χ0v) is 17.7. The standard InChI is InChI=1S/C22H23NO7S/c1-15-4-2-3-5-16(15)12-28-18-6-8-19(9-7-18)31(26,27)13-23(25)22(24)17-10-20-21(11-17)30-14-29-20/h2-10,20-21,25H,11-14H2,1H3. The molecule has 1 saturated heterocycles. The molecule has 1 amide bonds. The Kier molecular flexibility index (Phi) is 6.10. The van der Waals surface area contributed by atoms with E-state index in [0.717, 1.165) is 11.1 Å². The first kappa shape index (κ1) is 21.5. The van der Waals surface area contributed by atoms with Gasteiger partial charge in [-0.15, -0.1) is 0 Å². The van der Waals surface area contributed by atoms with Crippen LogP contribution in [0, 0.1) is 6.92 Å². The van der Waals surface area contributed by atoms with E-state index in [1.807, 2.05) is 31.2 Å². The number of hydrogen-bond donors (Lipinski definition) is 1. The highest BCUT2D eigenvalue weighted by molar-refractivity contribution is 7.91. The Hall–Kier alpha value is -2.72. The van der Waals surface area contributed by atoms with Crippen LogP contribution in [0.1, 0.15) is 17.5 Å². The van der Waals surface area contributed by atoms with E-state index in [2.05, 4.69) is 0 Å². The highest BCUT2D eigenvalue weighted by atomic mass is 32.2. The van der Waals surface area contributed by atoms with Gasteiger partial charge in [0.2, 0.25) is 0 Å². The Bertz CT molecular complexity index is 1100. The molecule has 8 nitrogen and oxygen atoms in total. The smallest absolute Gasteiger partial charge is 0.274 e. The predicted molar refractivity (Wildman–Crippen MR) is 110 cm³/mol. The zero-order chi connectivity index (χ0) is 22.0. The Labute approximate surface area is 180 Å². The van der Waals surface area contributed by atoms with Crippen molar-refractivity contribution < 1.29 is 32.6 Å². The zero-order valence-electron chi connectivity index (χ0n) is 16.9. The van der Waals surface area contributed by atoms with Crippen molar-refractivity contribution in [2.45, 2.75) is 37.1 Å². The second kappa shape index (κ2) is 8.80. The molecule has 4 rings (SSSR count). The number of carbonyl (C=O) groups excluding carboxylic acids is 1. The number of benzene rings is 2. The third-order valence-corrected chi connectivity index (χ3v) is 6.91. The fourth-order valence-corrected chi connectivity index (χ4v) is 4.65. The molecular formula is C22H23NO7S. The molecule has 2 atom stereocenters. The van der Waals surface area contributed by atoms with Crippen LogP contribution in [-0.2, 0) is 30.7 Å². The van der Waals surface area contributed by atoms with Gasteiger partial charge >= 0.3 is 0 Å². The molecule has 0 bridgehead atoms. The number of hydrogen-bond acceptors (Lipinski definition) is 7. The molecule has 0 aromatic heterocycles. The number of carbonyl (C=O) groups is 1. The summed E-state index contributed by atoms with van der Waals surface area (Å²) in [4.78, 5) is 12.4. The van der Waals surface area contributed by atoms with Gasteiger partial charge in [-0.2, -0.15) is 0 Å². The molecule has 2 aliphatic rings. The maximum absolute atomic E-state index is 12.6. The maximum atomic E-state index is 12.6. The number of nitrogens with zero attached hydrogens (tertiary/aromatic N) is 1. The molecule has 164 valence electrons. The summed E-state index contributed by atoms with van der Waals surface area (Å²) in [6.45, 7) is 2.52. The molecule has 0 radical (unpaired) electrons. The van der Waals surface area contributed by atoms with Crippen molar-refractivity contribution in [2.75, 3.05) is 12.7 Å². The van der Waals surface area contributed by atoms with Gasteiger partial charge in [-0.1, -0.05) is 24.3 Å². The lowest BCUT2D eigenvalue weighted by Crippen LogP contribution is -2.33. The van der Waals surface area contributed by atoms with Crippen molar-refractivity contribution in [3.63, 3.8) is 0 Å². The van der Waals surface area contributed by atoms with E-state index in [1.54, 1.807) is 18.2 Å². The summed E-state index contributed by atoms with van der Waals surface area (Å²) in [6.07, 6.45) is 1.23. The van der Waals surface area contributed by atoms with Crippen LogP contribution >= 0.6 is 0 Å². The number of rotatable bonds is 7. The van der Waals surface area contributed by atoms with E-state index >= 15 is 0 Å². The molecule has 2 aromatic carbocycles. The van der Waals surface area contributed by atoms with Crippen molar-refractivity contribution in [1.82, 2.24) is 5.06 Å². The lowest BCUT2D eigenvalue weighted by Gasteiger charge is -2.16. The maximum Gasteiger partial charge on any atom is 0.274 e. The van der Waals surface area contributed by atoms with Gasteiger partial charge in [-0.3, -0.25) is 10.0 Å². The van der Waals surface area contributed by atoms with Gasteiger partial charge in [0.15, 0.2) is 15.7 Å². The molecule has 1 N–H and O–H groups in total. The summed E-state index contributed by atoms with van der Waals surface area (Å²) < 4.78 is 41.6. The average molecular weight is 445 g/mol. The van der Waals surface area contributed by atoms with Gasteiger partial charge in [-0.05, 0) is 48.4 Å². The van der Waals surface area contributed by atoms with Crippen LogP contribution in [-0.4, -0.2) is 49.5 Å². The van der Waals surface area contributed by atoms with Crippen LogP contribution in [0.15, 0.2) is 65.1 Å². The monoisotopic (exact) mass is 445 g/mol. The van der Waals surface area contributed by atoms with Crippen LogP contribution in [0.5, 0.6) is 5.75 Å². The van der Waals surface area contributed by atoms with Gasteiger partial charge in [0.25, 0.3) is 5.91 Å². The Morgan fingerprint density at radius 3 is 2.61 bits per heavy atom. The SMILES string of the molecule is Cc1ccccc1COc1ccc(S(=O)(=O)CN(O)C(=O)C2=CC3OCOC3C2)cc1. The van der Waals surface area contributed by atoms with E-state index in [9.17, 15) is 18.4 Å². The fraction of sp³-hybridized carbons (Fsp3) is 0.318. The quantitative estimate of drug-likeness (QED) is 0.516. The normalized spacial score (nSPS) is 20.3. The van der Waals surface area contributed by atoms with Crippen LogP contribution in [0.25, 0.3) is 0 Å². The van der Waals surface area contributed by atoms with E-state index in [-0.39, 0.29) is 41.0 Å². The van der Waals surface area contributed by atoms with Gasteiger partial charge in [0, 0.05) is 12.0 Å². The summed E-state index contributed by atoms with van der Waals surface area (Å²) >= 11 is 0. The Morgan fingerprint density at radius 2 is 1.90 bits per heavy atom. The Balaban J connectivity index is 1.37. The fourth-order valence-electron chi connectivity index (χ4n) is 3.52. The molecule has 0 saturated carbocycles. The molecule has 2 aromatic rings. The van der Waals surface area contributed by atoms with Crippen LogP contribution < -0.4 is 4.74 Å². The molecule has 1 aliphatic heterocycles. The minimum atomic E-state index is -3.93. The largest absolute Gasteiger partial charge is 0.489 e. The number of fused-ring (bicyclic) bond motifs is 1. The molecule has 1 heterocycles. The summed E-state index contributed by atoms with van der Waals surface area (Å²) in [5, 5.41) is 10.3. The molecule has 1 fully saturated rings. The van der Waals surface area contributed by atoms with Gasteiger partial charge in [-0.25, -0.2) is 13.5 Å². The van der Waals surface area contributed by atoms with Crippen LogP contribution in [0.4, 0.5) is 0 Å². The van der Waals surface area contributed by atoms with E-state index in [0.29, 0.717) is 12.4 Å². The third-order valence-electron chi connectivity index (χ3n) is 5.34. The first-order chi connectivity index (χ1) is 14.8. The summed E-state index contributed by atoms with van der Waals surface area (Å²) in [5.74, 6) is -1.12. The second-order valence-electron chi connectivity index (χ2n) is 7.49. The molecule has 1 aliphatic carbocycles. The highest BCUT2D eigenvalue weighted by Crippen LogP contribution is 2.30. The summed E-state index contributed by atoms with van der Waals surface area (Å²) in [7, 11) is -3.93. The van der Waals surface area contributed by atoms with E-state index in [4.69, 9.17) is 14.2 Å². The minimum absolute atomic E-state index is 0.0217. The minimum Gasteiger partial charge on any atom is -0.489 e. The average Bonchev–Trinajstić information content (AvgIpc) is 3.35. The van der Waals surface area contributed by atoms with Crippen molar-refractivity contribution in [3.8, 4) is 5.75 Å².